The topological polar surface area (TPSA) is 80.5 Å². The summed E-state index contributed by atoms with van der Waals surface area (Å²) in [5.41, 5.74) is 7.45. The van der Waals surface area contributed by atoms with E-state index < -0.39 is 21.5 Å². The van der Waals surface area contributed by atoms with E-state index in [1.165, 1.54) is 4.90 Å². The van der Waals surface area contributed by atoms with Gasteiger partial charge in [-0.15, -0.1) is 0 Å². The fraction of sp³-hybridized carbons (Fsp3) is 0.417. The molecule has 0 fully saturated rings. The first-order valence-corrected chi connectivity index (χ1v) is 7.57. The Morgan fingerprint density at radius 1 is 1.33 bits per heavy atom. The van der Waals surface area contributed by atoms with Gasteiger partial charge < -0.3 is 10.6 Å². The summed E-state index contributed by atoms with van der Waals surface area (Å²) in [4.78, 5) is 13.0. The average molecular weight is 270 g/mol. The smallest absolute Gasteiger partial charge is 0.237 e. The van der Waals surface area contributed by atoms with Gasteiger partial charge in [-0.2, -0.15) is 0 Å². The number of carbonyl (C=O) groups is 1. The highest BCUT2D eigenvalue weighted by Gasteiger charge is 2.15. The maximum absolute atomic E-state index is 11.6. The van der Waals surface area contributed by atoms with Gasteiger partial charge in [-0.1, -0.05) is 24.3 Å². The summed E-state index contributed by atoms with van der Waals surface area (Å²) >= 11 is 0. The van der Waals surface area contributed by atoms with Gasteiger partial charge in [0, 0.05) is 26.4 Å². The summed E-state index contributed by atoms with van der Waals surface area (Å²) in [6.45, 7) is 0.817. The van der Waals surface area contributed by atoms with Crippen molar-refractivity contribution in [1.29, 1.82) is 0 Å². The van der Waals surface area contributed by atoms with Crippen LogP contribution in [0.15, 0.2) is 24.3 Å². The Morgan fingerprint density at radius 2 is 1.94 bits per heavy atom. The molecule has 0 spiro atoms. The zero-order valence-electron chi connectivity index (χ0n) is 10.6. The van der Waals surface area contributed by atoms with Crippen LogP contribution in [0.1, 0.15) is 11.1 Å². The van der Waals surface area contributed by atoms with Crippen molar-refractivity contribution >= 4 is 15.7 Å². The highest BCUT2D eigenvalue weighted by molar-refractivity contribution is 7.91. The number of sulfone groups is 1. The summed E-state index contributed by atoms with van der Waals surface area (Å²) < 4.78 is 22.1. The van der Waals surface area contributed by atoms with Crippen molar-refractivity contribution in [2.75, 3.05) is 19.1 Å². The number of rotatable bonds is 5. The maximum Gasteiger partial charge on any atom is 0.237 e. The zero-order valence-corrected chi connectivity index (χ0v) is 11.4. The van der Waals surface area contributed by atoms with Crippen molar-refractivity contribution in [2.45, 2.75) is 13.1 Å². The fourth-order valence-electron chi connectivity index (χ4n) is 1.55. The van der Waals surface area contributed by atoms with Crippen molar-refractivity contribution in [3.8, 4) is 0 Å². The average Bonchev–Trinajstić information content (AvgIpc) is 2.27. The fourth-order valence-corrected chi connectivity index (χ4v) is 2.22. The van der Waals surface area contributed by atoms with E-state index in [9.17, 15) is 13.2 Å². The molecule has 0 saturated heterocycles. The van der Waals surface area contributed by atoms with E-state index in [1.807, 2.05) is 24.3 Å². The third-order valence-corrected chi connectivity index (χ3v) is 3.23. The third-order valence-electron chi connectivity index (χ3n) is 2.46. The number of benzene rings is 1. The zero-order chi connectivity index (χ0) is 13.8. The molecule has 1 aromatic rings. The minimum Gasteiger partial charge on any atom is -0.341 e. The van der Waals surface area contributed by atoms with Crippen LogP contribution in [-0.4, -0.2) is 38.3 Å². The minimum atomic E-state index is -3.28. The SMILES string of the molecule is CN(Cc1cccc(CN)c1)C(=O)CS(C)(=O)=O. The second-order valence-electron chi connectivity index (χ2n) is 4.34. The van der Waals surface area contributed by atoms with E-state index >= 15 is 0 Å². The van der Waals surface area contributed by atoms with Gasteiger partial charge in [0.25, 0.3) is 0 Å². The second kappa shape index (κ2) is 5.97. The van der Waals surface area contributed by atoms with Gasteiger partial charge in [-0.25, -0.2) is 8.42 Å². The van der Waals surface area contributed by atoms with Crippen LogP contribution in [-0.2, 0) is 27.7 Å². The van der Waals surface area contributed by atoms with E-state index in [-0.39, 0.29) is 0 Å². The summed E-state index contributed by atoms with van der Waals surface area (Å²) in [5.74, 6) is -0.865. The Labute approximate surface area is 108 Å². The third kappa shape index (κ3) is 4.85. The first-order valence-electron chi connectivity index (χ1n) is 5.51. The van der Waals surface area contributed by atoms with Crippen molar-refractivity contribution in [2.24, 2.45) is 5.73 Å². The molecule has 0 aromatic heterocycles. The molecule has 1 aromatic carbocycles. The van der Waals surface area contributed by atoms with Crippen LogP contribution >= 0.6 is 0 Å². The van der Waals surface area contributed by atoms with Gasteiger partial charge in [0.1, 0.15) is 5.75 Å². The molecule has 0 unspecified atom stereocenters. The summed E-state index contributed by atoms with van der Waals surface area (Å²) in [6, 6.07) is 7.56. The maximum atomic E-state index is 11.6. The second-order valence-corrected chi connectivity index (χ2v) is 6.48. The summed E-state index contributed by atoms with van der Waals surface area (Å²) in [7, 11) is -1.70. The molecule has 0 aliphatic carbocycles. The van der Waals surface area contributed by atoms with Gasteiger partial charge in [-0.05, 0) is 11.1 Å². The molecule has 0 atom stereocenters. The van der Waals surface area contributed by atoms with Gasteiger partial charge >= 0.3 is 0 Å². The molecule has 6 heteroatoms. The first-order chi connectivity index (χ1) is 8.31. The van der Waals surface area contributed by atoms with Gasteiger partial charge in [0.2, 0.25) is 5.91 Å². The van der Waals surface area contributed by atoms with E-state index in [0.717, 1.165) is 17.4 Å². The molecule has 0 radical (unpaired) electrons. The first kappa shape index (κ1) is 14.7. The normalized spacial score (nSPS) is 11.3. The van der Waals surface area contributed by atoms with Gasteiger partial charge in [0.05, 0.1) is 0 Å². The number of nitrogens with zero attached hydrogens (tertiary/aromatic N) is 1. The van der Waals surface area contributed by atoms with Crippen molar-refractivity contribution in [3.63, 3.8) is 0 Å². The molecule has 0 bridgehead atoms. The molecule has 18 heavy (non-hydrogen) atoms. The Balaban J connectivity index is 2.69. The van der Waals surface area contributed by atoms with Crippen LogP contribution in [0.25, 0.3) is 0 Å². The summed E-state index contributed by atoms with van der Waals surface area (Å²) in [5, 5.41) is 0. The van der Waals surface area contributed by atoms with E-state index in [1.54, 1.807) is 7.05 Å². The van der Waals surface area contributed by atoms with E-state index in [4.69, 9.17) is 5.73 Å². The lowest BCUT2D eigenvalue weighted by molar-refractivity contribution is -0.127. The molecular weight excluding hydrogens is 252 g/mol. The number of nitrogens with two attached hydrogens (primary N) is 1. The highest BCUT2D eigenvalue weighted by Crippen LogP contribution is 2.07. The van der Waals surface area contributed by atoms with Crippen LogP contribution in [0, 0.1) is 0 Å². The number of hydrogen-bond acceptors (Lipinski definition) is 4. The van der Waals surface area contributed by atoms with E-state index in [0.29, 0.717) is 13.1 Å². The summed E-state index contributed by atoms with van der Waals surface area (Å²) in [6.07, 6.45) is 1.05. The molecule has 1 amide bonds. The molecule has 0 saturated carbocycles. The molecule has 0 aliphatic rings. The van der Waals surface area contributed by atoms with Crippen LogP contribution in [0.4, 0.5) is 0 Å². The number of carbonyl (C=O) groups excluding carboxylic acids is 1. The van der Waals surface area contributed by atoms with Crippen molar-refractivity contribution in [3.05, 3.63) is 35.4 Å². The van der Waals surface area contributed by atoms with Crippen molar-refractivity contribution in [1.82, 2.24) is 4.90 Å². The molecule has 1 rings (SSSR count). The molecule has 0 aliphatic heterocycles. The van der Waals surface area contributed by atoms with Crippen LogP contribution < -0.4 is 5.73 Å². The Bertz CT molecular complexity index is 526. The predicted molar refractivity (Wildman–Crippen MR) is 70.5 cm³/mol. The van der Waals surface area contributed by atoms with Crippen molar-refractivity contribution < 1.29 is 13.2 Å². The lowest BCUT2D eigenvalue weighted by atomic mass is 10.1. The lowest BCUT2D eigenvalue weighted by Crippen LogP contribution is -2.31. The molecule has 2 N–H and O–H groups in total. The Hall–Kier alpha value is -1.40. The minimum absolute atomic E-state index is 0.377. The molecule has 100 valence electrons. The molecule has 0 heterocycles. The monoisotopic (exact) mass is 270 g/mol. The van der Waals surface area contributed by atoms with Gasteiger partial charge in [-0.3, -0.25) is 4.79 Å². The quantitative estimate of drug-likeness (QED) is 0.825. The standard InChI is InChI=1S/C12H18N2O3S/c1-14(12(15)9-18(2,16)17)8-11-5-3-4-10(6-11)7-13/h3-6H,7-9,13H2,1-2H3. The Kier molecular flexibility index (Phi) is 4.86. The van der Waals surface area contributed by atoms with Crippen LogP contribution in [0.3, 0.4) is 0 Å². The predicted octanol–water partition coefficient (Wildman–Crippen LogP) is 0.148. The number of amides is 1. The number of hydrogen-bond donors (Lipinski definition) is 1. The molecule has 5 nitrogen and oxygen atoms in total. The van der Waals surface area contributed by atoms with Crippen LogP contribution in [0.5, 0.6) is 0 Å². The van der Waals surface area contributed by atoms with E-state index in [2.05, 4.69) is 0 Å². The lowest BCUT2D eigenvalue weighted by Gasteiger charge is -2.17. The highest BCUT2D eigenvalue weighted by atomic mass is 32.2. The van der Waals surface area contributed by atoms with Crippen LogP contribution in [0.2, 0.25) is 0 Å². The molecular formula is C12H18N2O3S. The Morgan fingerprint density at radius 3 is 2.50 bits per heavy atom. The van der Waals surface area contributed by atoms with Gasteiger partial charge in [0.15, 0.2) is 9.84 Å². The largest absolute Gasteiger partial charge is 0.341 e.